The molecule has 4 rings (SSSR count). The zero-order valence-corrected chi connectivity index (χ0v) is 22.7. The topological polar surface area (TPSA) is 88.6 Å². The first-order valence-electron chi connectivity index (χ1n) is 12.3. The van der Waals surface area contributed by atoms with E-state index in [1.165, 1.54) is 11.3 Å². The Morgan fingerprint density at radius 2 is 1.81 bits per heavy atom. The predicted molar refractivity (Wildman–Crippen MR) is 147 cm³/mol. The van der Waals surface area contributed by atoms with Crippen LogP contribution in [-0.4, -0.2) is 53.9 Å². The minimum absolute atomic E-state index is 0.00467. The molecule has 9 heteroatoms. The lowest BCUT2D eigenvalue weighted by atomic mass is 9.97. The molecule has 2 amide bonds. The van der Waals surface area contributed by atoms with E-state index in [9.17, 15) is 14.4 Å². The Balaban J connectivity index is 1.23. The molecule has 0 atom stereocenters. The van der Waals surface area contributed by atoms with E-state index in [1.54, 1.807) is 43.1 Å². The number of thioether (sulfide) groups is 1. The van der Waals surface area contributed by atoms with Crippen molar-refractivity contribution < 1.29 is 19.1 Å². The van der Waals surface area contributed by atoms with E-state index in [0.29, 0.717) is 36.6 Å². The monoisotopic (exact) mass is 537 g/mol. The SMILES string of the molecule is COc1ccc(C(=O)CCC(=O)N2CCC(c3nc(C(=O)NCc4ccccc4SC)cs3)CC2)cc1. The fourth-order valence-electron chi connectivity index (χ4n) is 4.37. The van der Waals surface area contributed by atoms with Crippen LogP contribution in [0.3, 0.4) is 0 Å². The Kier molecular flexibility index (Phi) is 9.35. The number of nitrogens with zero attached hydrogens (tertiary/aromatic N) is 2. The summed E-state index contributed by atoms with van der Waals surface area (Å²) < 4.78 is 5.12. The van der Waals surface area contributed by atoms with Crippen LogP contribution < -0.4 is 10.1 Å². The van der Waals surface area contributed by atoms with Gasteiger partial charge in [-0.05, 0) is 55.0 Å². The van der Waals surface area contributed by atoms with Crippen molar-refractivity contribution in [2.75, 3.05) is 26.5 Å². The summed E-state index contributed by atoms with van der Waals surface area (Å²) >= 11 is 3.16. The molecule has 37 heavy (non-hydrogen) atoms. The van der Waals surface area contributed by atoms with Crippen molar-refractivity contribution in [2.45, 2.75) is 43.0 Å². The zero-order chi connectivity index (χ0) is 26.2. The number of carbonyl (C=O) groups is 3. The molecule has 0 bridgehead atoms. The van der Waals surface area contributed by atoms with Gasteiger partial charge in [0.15, 0.2) is 5.78 Å². The van der Waals surface area contributed by atoms with Crippen LogP contribution in [0, 0.1) is 0 Å². The molecule has 0 saturated carbocycles. The average Bonchev–Trinajstić information content (AvgIpc) is 3.45. The van der Waals surface area contributed by atoms with E-state index in [-0.39, 0.29) is 36.4 Å². The number of piperidine rings is 1. The third-order valence-corrected chi connectivity index (χ3v) is 8.41. The van der Waals surface area contributed by atoms with Crippen molar-refractivity contribution in [1.29, 1.82) is 0 Å². The first kappa shape index (κ1) is 26.9. The fraction of sp³-hybridized carbons (Fsp3) is 0.357. The minimum atomic E-state index is -0.174. The molecule has 7 nitrogen and oxygen atoms in total. The molecule has 1 aromatic heterocycles. The first-order valence-corrected chi connectivity index (χ1v) is 14.4. The van der Waals surface area contributed by atoms with Gasteiger partial charge in [0.1, 0.15) is 11.4 Å². The number of likely N-dealkylation sites (tertiary alicyclic amines) is 1. The Hall–Kier alpha value is -3.17. The summed E-state index contributed by atoms with van der Waals surface area (Å²) in [5.41, 5.74) is 2.11. The second-order valence-corrected chi connectivity index (χ2v) is 10.6. The summed E-state index contributed by atoms with van der Waals surface area (Å²) in [5.74, 6) is 0.711. The van der Waals surface area contributed by atoms with Gasteiger partial charge in [0.2, 0.25) is 5.91 Å². The largest absolute Gasteiger partial charge is 0.497 e. The molecule has 194 valence electrons. The maximum atomic E-state index is 12.7. The van der Waals surface area contributed by atoms with Crippen LogP contribution in [-0.2, 0) is 11.3 Å². The molecule has 1 N–H and O–H groups in total. The number of nitrogens with one attached hydrogen (secondary N) is 1. The number of ether oxygens (including phenoxy) is 1. The molecular formula is C28H31N3O4S2. The van der Waals surface area contributed by atoms with E-state index < -0.39 is 0 Å². The van der Waals surface area contributed by atoms with Crippen molar-refractivity contribution in [3.8, 4) is 5.75 Å². The molecule has 0 radical (unpaired) electrons. The van der Waals surface area contributed by atoms with Crippen molar-refractivity contribution >= 4 is 40.7 Å². The molecule has 1 aliphatic rings. The van der Waals surface area contributed by atoms with Crippen LogP contribution in [0.15, 0.2) is 58.8 Å². The predicted octanol–water partition coefficient (Wildman–Crippen LogP) is 5.17. The standard InChI is InChI=1S/C28H31N3O4S2/c1-35-22-9-7-19(8-10-22)24(32)11-12-26(33)31-15-13-20(14-16-31)28-30-23(18-37-28)27(34)29-17-21-5-3-4-6-25(21)36-2/h3-10,18,20H,11-17H2,1-2H3,(H,29,34). The first-order chi connectivity index (χ1) is 18.0. The highest BCUT2D eigenvalue weighted by Crippen LogP contribution is 2.31. The van der Waals surface area contributed by atoms with E-state index >= 15 is 0 Å². The van der Waals surface area contributed by atoms with Crippen molar-refractivity contribution in [3.63, 3.8) is 0 Å². The molecule has 1 fully saturated rings. The Morgan fingerprint density at radius 3 is 2.51 bits per heavy atom. The lowest BCUT2D eigenvalue weighted by molar-refractivity contribution is -0.132. The molecular weight excluding hydrogens is 506 g/mol. The molecule has 3 aromatic rings. The van der Waals surface area contributed by atoms with Gasteiger partial charge in [-0.15, -0.1) is 23.1 Å². The number of benzene rings is 2. The number of aromatic nitrogens is 1. The maximum absolute atomic E-state index is 12.7. The number of ketones is 1. The van der Waals surface area contributed by atoms with Crippen molar-refractivity contribution in [3.05, 3.63) is 75.7 Å². The van der Waals surface area contributed by atoms with E-state index in [4.69, 9.17) is 4.74 Å². The second kappa shape index (κ2) is 12.9. The summed E-state index contributed by atoms with van der Waals surface area (Å²) in [6, 6.07) is 15.0. The highest BCUT2D eigenvalue weighted by molar-refractivity contribution is 7.98. The Morgan fingerprint density at radius 1 is 1.08 bits per heavy atom. The van der Waals surface area contributed by atoms with Crippen molar-refractivity contribution in [1.82, 2.24) is 15.2 Å². The van der Waals surface area contributed by atoms with Gasteiger partial charge in [0.05, 0.1) is 12.1 Å². The molecule has 0 spiro atoms. The molecule has 1 saturated heterocycles. The van der Waals surface area contributed by atoms with E-state index in [0.717, 1.165) is 28.3 Å². The third kappa shape index (κ3) is 6.99. The van der Waals surface area contributed by atoms with Crippen molar-refractivity contribution in [2.24, 2.45) is 0 Å². The Labute approximate surface area is 225 Å². The highest BCUT2D eigenvalue weighted by atomic mass is 32.2. The summed E-state index contributed by atoms with van der Waals surface area (Å²) in [7, 11) is 1.58. The quantitative estimate of drug-likeness (QED) is 0.283. The van der Waals surface area contributed by atoms with Gasteiger partial charge in [0, 0.05) is 54.2 Å². The molecule has 0 unspecified atom stereocenters. The average molecular weight is 538 g/mol. The van der Waals surface area contributed by atoms with Crippen LogP contribution in [0.4, 0.5) is 0 Å². The van der Waals surface area contributed by atoms with Crippen LogP contribution >= 0.6 is 23.1 Å². The summed E-state index contributed by atoms with van der Waals surface area (Å²) in [4.78, 5) is 45.4. The highest BCUT2D eigenvalue weighted by Gasteiger charge is 2.26. The summed E-state index contributed by atoms with van der Waals surface area (Å²) in [6.07, 6.45) is 4.02. The minimum Gasteiger partial charge on any atom is -0.497 e. The number of thiazole rings is 1. The van der Waals surface area contributed by atoms with Crippen LogP contribution in [0.2, 0.25) is 0 Å². The van der Waals surface area contributed by atoms with Crippen LogP contribution in [0.25, 0.3) is 0 Å². The summed E-state index contributed by atoms with van der Waals surface area (Å²) in [6.45, 7) is 1.73. The number of hydrogen-bond donors (Lipinski definition) is 1. The number of carbonyl (C=O) groups excluding carboxylic acids is 3. The Bertz CT molecular complexity index is 1230. The van der Waals surface area contributed by atoms with Gasteiger partial charge in [-0.25, -0.2) is 4.98 Å². The van der Waals surface area contributed by atoms with Gasteiger partial charge >= 0.3 is 0 Å². The van der Waals surface area contributed by atoms with Gasteiger partial charge < -0.3 is 15.0 Å². The zero-order valence-electron chi connectivity index (χ0n) is 21.1. The fourth-order valence-corrected chi connectivity index (χ4v) is 5.96. The van der Waals surface area contributed by atoms with Gasteiger partial charge in [0.25, 0.3) is 5.91 Å². The number of amides is 2. The number of rotatable bonds is 10. The smallest absolute Gasteiger partial charge is 0.271 e. The number of methoxy groups -OCH3 is 1. The maximum Gasteiger partial charge on any atom is 0.271 e. The van der Waals surface area contributed by atoms with E-state index in [2.05, 4.69) is 10.3 Å². The molecule has 0 aliphatic carbocycles. The lowest BCUT2D eigenvalue weighted by Crippen LogP contribution is -2.38. The van der Waals surface area contributed by atoms with Crippen LogP contribution in [0.5, 0.6) is 5.75 Å². The van der Waals surface area contributed by atoms with Crippen LogP contribution in [0.1, 0.15) is 63.0 Å². The summed E-state index contributed by atoms with van der Waals surface area (Å²) in [5, 5.41) is 5.73. The van der Waals surface area contributed by atoms with E-state index in [1.807, 2.05) is 40.8 Å². The second-order valence-electron chi connectivity index (χ2n) is 8.87. The molecule has 2 heterocycles. The molecule has 1 aliphatic heterocycles. The number of hydrogen-bond acceptors (Lipinski definition) is 7. The lowest BCUT2D eigenvalue weighted by Gasteiger charge is -2.31. The third-order valence-electron chi connectivity index (χ3n) is 6.56. The number of Topliss-reactive ketones (excluding diaryl/α,β-unsaturated/α-hetero) is 1. The van der Waals surface area contributed by atoms with Gasteiger partial charge in [-0.3, -0.25) is 14.4 Å². The van der Waals surface area contributed by atoms with Gasteiger partial charge in [-0.1, -0.05) is 18.2 Å². The normalized spacial score (nSPS) is 13.8. The van der Waals surface area contributed by atoms with Gasteiger partial charge in [-0.2, -0.15) is 0 Å². The molecule has 2 aromatic carbocycles.